The number of rotatable bonds is 8. The highest BCUT2D eigenvalue weighted by molar-refractivity contribution is 5.95. The Morgan fingerprint density at radius 1 is 0.725 bits per heavy atom. The van der Waals surface area contributed by atoms with Crippen molar-refractivity contribution < 1.29 is 19.0 Å². The fourth-order valence-corrected chi connectivity index (χ4v) is 5.14. The molecular weight excluding hydrogens is 504 g/mol. The molecule has 4 aromatic rings. The first-order chi connectivity index (χ1) is 18.8. The van der Waals surface area contributed by atoms with Gasteiger partial charge in [-0.1, -0.05) is 30.3 Å². The molecule has 0 N–H and O–H groups in total. The zero-order valence-electron chi connectivity index (χ0n) is 24.7. The first-order valence-electron chi connectivity index (χ1n) is 13.4. The summed E-state index contributed by atoms with van der Waals surface area (Å²) in [5.41, 5.74) is 6.78. The van der Waals surface area contributed by atoms with Gasteiger partial charge in [0.15, 0.2) is 5.75 Å². The van der Waals surface area contributed by atoms with Crippen LogP contribution in [0.4, 0.5) is 0 Å². The highest BCUT2D eigenvalue weighted by atomic mass is 16.5. The highest BCUT2D eigenvalue weighted by Crippen LogP contribution is 2.41. The number of aryl methyl sites for hydroxylation is 1. The van der Waals surface area contributed by atoms with E-state index < -0.39 is 16.8 Å². The summed E-state index contributed by atoms with van der Waals surface area (Å²) < 4.78 is 17.8. The number of carbonyl (C=O) groups is 1. The summed E-state index contributed by atoms with van der Waals surface area (Å²) in [4.78, 5) is 38.5. The Labute approximate surface area is 235 Å². The van der Waals surface area contributed by atoms with Crippen LogP contribution in [-0.4, -0.2) is 12.1 Å². The van der Waals surface area contributed by atoms with Crippen LogP contribution < -0.4 is 25.1 Å². The molecule has 0 unspecified atom stereocenters. The Bertz CT molecular complexity index is 1660. The Morgan fingerprint density at radius 2 is 1.32 bits per heavy atom. The van der Waals surface area contributed by atoms with Crippen LogP contribution >= 0.6 is 0 Å². The predicted octanol–water partition coefficient (Wildman–Crippen LogP) is 6.69. The standard InChI is InChI=1S/C34H36O6/c1-17(2)39-33-29(30(35)31(33)36)28-21(6)23(8)32(24(9)22(28)7)40-34(37)27-18(3)15-26(19(4)20(27)5)38-16-25-13-11-10-12-14-25/h10-15,17H,16H2,1-9H3. The maximum Gasteiger partial charge on any atom is 0.344 e. The van der Waals surface area contributed by atoms with E-state index in [4.69, 9.17) is 14.2 Å². The first kappa shape index (κ1) is 28.8. The van der Waals surface area contributed by atoms with Crippen molar-refractivity contribution in [2.24, 2.45) is 0 Å². The largest absolute Gasteiger partial charge is 0.489 e. The van der Waals surface area contributed by atoms with Gasteiger partial charge in [-0.2, -0.15) is 0 Å². The lowest BCUT2D eigenvalue weighted by molar-refractivity contribution is 0.0730. The number of esters is 1. The van der Waals surface area contributed by atoms with Crippen molar-refractivity contribution in [3.05, 3.63) is 107 Å². The van der Waals surface area contributed by atoms with Crippen molar-refractivity contribution in [1.29, 1.82) is 0 Å². The summed E-state index contributed by atoms with van der Waals surface area (Å²) in [5, 5.41) is 0. The van der Waals surface area contributed by atoms with Gasteiger partial charge in [-0.05, 0) is 118 Å². The van der Waals surface area contributed by atoms with Crippen molar-refractivity contribution in [2.45, 2.75) is 75.0 Å². The molecule has 0 radical (unpaired) electrons. The fourth-order valence-electron chi connectivity index (χ4n) is 5.14. The lowest BCUT2D eigenvalue weighted by atomic mass is 9.86. The number of benzene rings is 3. The highest BCUT2D eigenvalue weighted by Gasteiger charge is 2.30. The van der Waals surface area contributed by atoms with Crippen molar-refractivity contribution in [3.8, 4) is 28.4 Å². The first-order valence-corrected chi connectivity index (χ1v) is 13.4. The average molecular weight is 541 g/mol. The van der Waals surface area contributed by atoms with E-state index in [1.807, 2.05) is 98.7 Å². The van der Waals surface area contributed by atoms with Crippen LogP contribution in [0, 0.1) is 48.5 Å². The zero-order valence-corrected chi connectivity index (χ0v) is 24.7. The smallest absolute Gasteiger partial charge is 0.344 e. The van der Waals surface area contributed by atoms with Gasteiger partial charge in [-0.25, -0.2) is 4.79 Å². The minimum absolute atomic E-state index is 0.103. The lowest BCUT2D eigenvalue weighted by Gasteiger charge is -2.23. The molecule has 0 atom stereocenters. The van der Waals surface area contributed by atoms with Crippen molar-refractivity contribution in [2.75, 3.05) is 0 Å². The normalized spacial score (nSPS) is 11.2. The summed E-state index contributed by atoms with van der Waals surface area (Å²) in [6.45, 7) is 17.2. The van der Waals surface area contributed by atoms with Gasteiger partial charge in [0.25, 0.3) is 5.43 Å². The minimum atomic E-state index is -0.606. The van der Waals surface area contributed by atoms with Gasteiger partial charge >= 0.3 is 5.97 Å². The molecular formula is C34H36O6. The van der Waals surface area contributed by atoms with E-state index in [1.54, 1.807) is 0 Å². The van der Waals surface area contributed by atoms with E-state index in [-0.39, 0.29) is 11.9 Å². The third kappa shape index (κ3) is 5.06. The molecule has 208 valence electrons. The van der Waals surface area contributed by atoms with Crippen LogP contribution in [0.3, 0.4) is 0 Å². The number of hydrogen-bond donors (Lipinski definition) is 0. The van der Waals surface area contributed by atoms with Crippen LogP contribution in [0.15, 0.2) is 46.0 Å². The molecule has 0 saturated carbocycles. The topological polar surface area (TPSA) is 78.9 Å². The Kier molecular flexibility index (Phi) is 8.01. The molecule has 40 heavy (non-hydrogen) atoms. The van der Waals surface area contributed by atoms with Crippen LogP contribution in [-0.2, 0) is 6.61 Å². The number of hydrogen-bond acceptors (Lipinski definition) is 6. The average Bonchev–Trinajstić information content (AvgIpc) is 2.92. The van der Waals surface area contributed by atoms with E-state index >= 15 is 0 Å². The molecule has 6 heteroatoms. The summed E-state index contributed by atoms with van der Waals surface area (Å²) in [5.74, 6) is 0.829. The van der Waals surface area contributed by atoms with Gasteiger partial charge in [-0.3, -0.25) is 9.59 Å². The quantitative estimate of drug-likeness (QED) is 0.141. The Morgan fingerprint density at radius 3 is 1.90 bits per heavy atom. The molecule has 0 aliphatic carbocycles. The lowest BCUT2D eigenvalue weighted by Crippen LogP contribution is -2.36. The SMILES string of the molecule is Cc1cc(OCc2ccccc2)c(C)c(C)c1C(=O)Oc1c(C)c(C)c(-c2c(OC(C)C)c(=O)c2=O)c(C)c1C. The molecule has 0 amide bonds. The Hall–Kier alpha value is -4.19. The number of ether oxygens (including phenoxy) is 3. The predicted molar refractivity (Wildman–Crippen MR) is 158 cm³/mol. The maximum atomic E-state index is 13.6. The second-order valence-corrected chi connectivity index (χ2v) is 10.7. The summed E-state index contributed by atoms with van der Waals surface area (Å²) in [7, 11) is 0. The molecule has 0 aliphatic heterocycles. The molecule has 0 aromatic heterocycles. The molecule has 0 saturated heterocycles. The molecule has 0 heterocycles. The van der Waals surface area contributed by atoms with Crippen molar-refractivity contribution >= 4 is 5.97 Å². The third-order valence-electron chi connectivity index (χ3n) is 7.71. The second kappa shape index (κ2) is 11.1. The van der Waals surface area contributed by atoms with E-state index in [9.17, 15) is 14.4 Å². The monoisotopic (exact) mass is 540 g/mol. The van der Waals surface area contributed by atoms with Crippen molar-refractivity contribution in [3.63, 3.8) is 0 Å². The summed E-state index contributed by atoms with van der Waals surface area (Å²) >= 11 is 0. The van der Waals surface area contributed by atoms with Crippen LogP contribution in [0.1, 0.15) is 68.7 Å². The molecule has 0 aliphatic rings. The Balaban J connectivity index is 1.68. The molecule has 6 nitrogen and oxygen atoms in total. The maximum absolute atomic E-state index is 13.6. The molecule has 0 spiro atoms. The van der Waals surface area contributed by atoms with Crippen molar-refractivity contribution in [1.82, 2.24) is 0 Å². The van der Waals surface area contributed by atoms with E-state index in [2.05, 4.69) is 0 Å². The minimum Gasteiger partial charge on any atom is -0.489 e. The van der Waals surface area contributed by atoms with Crippen LogP contribution in [0.2, 0.25) is 0 Å². The van der Waals surface area contributed by atoms with E-state index in [1.165, 1.54) is 0 Å². The van der Waals surface area contributed by atoms with E-state index in [0.717, 1.165) is 50.3 Å². The molecule has 4 rings (SSSR count). The number of carbonyl (C=O) groups excluding carboxylic acids is 1. The summed E-state index contributed by atoms with van der Waals surface area (Å²) in [6, 6.07) is 11.8. The second-order valence-electron chi connectivity index (χ2n) is 10.7. The molecule has 0 fully saturated rings. The van der Waals surface area contributed by atoms with Gasteiger partial charge in [0.05, 0.1) is 17.2 Å². The fraction of sp³-hybridized carbons (Fsp3) is 0.324. The zero-order chi connectivity index (χ0) is 29.5. The summed E-state index contributed by atoms with van der Waals surface area (Å²) in [6.07, 6.45) is -0.241. The van der Waals surface area contributed by atoms with Crippen LogP contribution in [0.25, 0.3) is 11.1 Å². The molecule has 0 bridgehead atoms. The van der Waals surface area contributed by atoms with Gasteiger partial charge in [0.2, 0.25) is 5.43 Å². The van der Waals surface area contributed by atoms with Gasteiger partial charge < -0.3 is 14.2 Å². The van der Waals surface area contributed by atoms with Gasteiger partial charge in [-0.15, -0.1) is 0 Å². The van der Waals surface area contributed by atoms with Gasteiger partial charge in [0, 0.05) is 0 Å². The van der Waals surface area contributed by atoms with E-state index in [0.29, 0.717) is 29.0 Å². The molecule has 4 aromatic carbocycles. The third-order valence-corrected chi connectivity index (χ3v) is 7.71. The van der Waals surface area contributed by atoms with Crippen LogP contribution in [0.5, 0.6) is 17.2 Å². The van der Waals surface area contributed by atoms with Gasteiger partial charge in [0.1, 0.15) is 18.1 Å².